The molecule has 0 atom stereocenters. The minimum Gasteiger partial charge on any atom is -0.492 e. The van der Waals surface area contributed by atoms with E-state index in [-0.39, 0.29) is 12.1 Å². The smallest absolute Gasteiger partial charge is 0.321 e. The second kappa shape index (κ2) is 10.9. The SMILES string of the molecule is CCOc1ccc(Cc2cc3cc(N(C)C(=O)NC(C)C)cnc3n2CC2CCCCC2)nc1. The highest BCUT2D eigenvalue weighted by Crippen LogP contribution is 2.30. The standard InChI is InChI=1S/C27H37N5O2/c1-5-34-25-12-11-22(28-17-25)15-23-13-21-14-24(31(4)27(33)30-19(2)3)16-29-26(21)32(23)18-20-9-7-6-8-10-20/h11-14,16-17,19-20H,5-10,15,18H2,1-4H3,(H,30,33). The Morgan fingerprint density at radius 2 is 1.97 bits per heavy atom. The molecule has 182 valence electrons. The molecule has 4 rings (SSSR count). The van der Waals surface area contributed by atoms with E-state index in [9.17, 15) is 4.79 Å². The van der Waals surface area contributed by atoms with Gasteiger partial charge >= 0.3 is 6.03 Å². The van der Waals surface area contributed by atoms with E-state index in [1.165, 1.54) is 37.8 Å². The van der Waals surface area contributed by atoms with E-state index < -0.39 is 0 Å². The van der Waals surface area contributed by atoms with Crippen LogP contribution in [0, 0.1) is 5.92 Å². The van der Waals surface area contributed by atoms with Crippen molar-refractivity contribution in [2.45, 2.75) is 71.9 Å². The number of carbonyl (C=O) groups excluding carboxylic acids is 1. The summed E-state index contributed by atoms with van der Waals surface area (Å²) in [5.74, 6) is 1.47. The molecule has 3 aromatic rings. The van der Waals surface area contributed by atoms with Crippen LogP contribution in [-0.4, -0.2) is 40.3 Å². The normalized spacial score (nSPS) is 14.5. The molecule has 1 aliphatic carbocycles. The maximum absolute atomic E-state index is 12.5. The molecule has 3 heterocycles. The number of carbonyl (C=O) groups is 1. The molecule has 1 N–H and O–H groups in total. The lowest BCUT2D eigenvalue weighted by Crippen LogP contribution is -2.40. The van der Waals surface area contributed by atoms with E-state index in [2.05, 4.69) is 27.0 Å². The number of urea groups is 1. The molecule has 2 amide bonds. The number of anilines is 1. The highest BCUT2D eigenvalue weighted by atomic mass is 16.5. The Morgan fingerprint density at radius 1 is 1.18 bits per heavy atom. The topological polar surface area (TPSA) is 72.3 Å². The van der Waals surface area contributed by atoms with E-state index in [1.807, 2.05) is 32.9 Å². The number of fused-ring (bicyclic) bond motifs is 1. The third-order valence-electron chi connectivity index (χ3n) is 6.55. The van der Waals surface area contributed by atoms with Crippen LogP contribution in [0.15, 0.2) is 36.7 Å². The Hall–Kier alpha value is -3.09. The number of nitrogens with one attached hydrogen (secondary N) is 1. The highest BCUT2D eigenvalue weighted by molar-refractivity contribution is 5.93. The molecule has 34 heavy (non-hydrogen) atoms. The number of ether oxygens (including phenoxy) is 1. The van der Waals surface area contributed by atoms with Gasteiger partial charge in [0, 0.05) is 42.8 Å². The summed E-state index contributed by atoms with van der Waals surface area (Å²) in [6.07, 6.45) is 10.9. The number of amides is 2. The summed E-state index contributed by atoms with van der Waals surface area (Å²) in [4.78, 5) is 23.6. The van der Waals surface area contributed by atoms with Crippen LogP contribution in [0.2, 0.25) is 0 Å². The first-order valence-electron chi connectivity index (χ1n) is 12.5. The second-order valence-corrected chi connectivity index (χ2v) is 9.61. The number of hydrogen-bond donors (Lipinski definition) is 1. The van der Waals surface area contributed by atoms with Gasteiger partial charge in [-0.2, -0.15) is 0 Å². The molecular formula is C27H37N5O2. The zero-order valence-corrected chi connectivity index (χ0v) is 20.9. The molecule has 1 aliphatic rings. The van der Waals surface area contributed by atoms with Crippen molar-refractivity contribution in [3.63, 3.8) is 0 Å². The first-order chi connectivity index (χ1) is 16.4. The fourth-order valence-corrected chi connectivity index (χ4v) is 4.76. The predicted octanol–water partition coefficient (Wildman–Crippen LogP) is 5.56. The van der Waals surface area contributed by atoms with E-state index in [0.717, 1.165) is 41.1 Å². The van der Waals surface area contributed by atoms with Crippen molar-refractivity contribution in [2.24, 2.45) is 5.92 Å². The van der Waals surface area contributed by atoms with Crippen molar-refractivity contribution in [2.75, 3.05) is 18.6 Å². The first kappa shape index (κ1) is 24.0. The van der Waals surface area contributed by atoms with Crippen molar-refractivity contribution >= 4 is 22.8 Å². The maximum atomic E-state index is 12.5. The van der Waals surface area contributed by atoms with Gasteiger partial charge in [0.05, 0.1) is 24.7 Å². The molecule has 1 saturated carbocycles. The number of nitrogens with zero attached hydrogens (tertiary/aromatic N) is 4. The predicted molar refractivity (Wildman–Crippen MR) is 137 cm³/mol. The number of hydrogen-bond acceptors (Lipinski definition) is 4. The Kier molecular flexibility index (Phi) is 7.70. The lowest BCUT2D eigenvalue weighted by molar-refractivity contribution is 0.245. The van der Waals surface area contributed by atoms with Gasteiger partial charge < -0.3 is 14.6 Å². The minimum atomic E-state index is -0.128. The number of pyridine rings is 2. The molecule has 7 heteroatoms. The van der Waals surface area contributed by atoms with Crippen LogP contribution in [0.5, 0.6) is 5.75 Å². The largest absolute Gasteiger partial charge is 0.492 e. The summed E-state index contributed by atoms with van der Waals surface area (Å²) >= 11 is 0. The fourth-order valence-electron chi connectivity index (χ4n) is 4.76. The molecule has 0 spiro atoms. The molecule has 0 aliphatic heterocycles. The summed E-state index contributed by atoms with van der Waals surface area (Å²) in [5, 5.41) is 4.00. The van der Waals surface area contributed by atoms with Gasteiger partial charge in [0.15, 0.2) is 0 Å². The maximum Gasteiger partial charge on any atom is 0.321 e. The van der Waals surface area contributed by atoms with Crippen LogP contribution in [0.4, 0.5) is 10.5 Å². The van der Waals surface area contributed by atoms with Gasteiger partial charge in [-0.25, -0.2) is 9.78 Å². The van der Waals surface area contributed by atoms with Gasteiger partial charge in [-0.3, -0.25) is 9.88 Å². The van der Waals surface area contributed by atoms with Crippen LogP contribution in [-0.2, 0) is 13.0 Å². The Labute approximate surface area is 202 Å². The lowest BCUT2D eigenvalue weighted by Gasteiger charge is -2.23. The number of aromatic nitrogens is 3. The molecule has 0 bridgehead atoms. The summed E-state index contributed by atoms with van der Waals surface area (Å²) in [5.41, 5.74) is 3.97. The van der Waals surface area contributed by atoms with Crippen LogP contribution < -0.4 is 15.0 Å². The molecule has 0 radical (unpaired) electrons. The van der Waals surface area contributed by atoms with Crippen molar-refractivity contribution in [1.29, 1.82) is 0 Å². The average molecular weight is 464 g/mol. The Bertz CT molecular complexity index is 1100. The summed E-state index contributed by atoms with van der Waals surface area (Å²) in [6.45, 7) is 7.50. The molecule has 3 aromatic heterocycles. The molecule has 7 nitrogen and oxygen atoms in total. The monoisotopic (exact) mass is 463 g/mol. The van der Waals surface area contributed by atoms with E-state index in [4.69, 9.17) is 9.72 Å². The van der Waals surface area contributed by atoms with Crippen LogP contribution >= 0.6 is 0 Å². The van der Waals surface area contributed by atoms with Crippen molar-refractivity contribution in [3.8, 4) is 5.75 Å². The number of rotatable bonds is 8. The lowest BCUT2D eigenvalue weighted by atomic mass is 9.89. The molecular weight excluding hydrogens is 426 g/mol. The van der Waals surface area contributed by atoms with E-state index in [1.54, 1.807) is 24.3 Å². The zero-order valence-electron chi connectivity index (χ0n) is 20.9. The summed E-state index contributed by atoms with van der Waals surface area (Å²) in [6, 6.07) is 8.25. The minimum absolute atomic E-state index is 0.0800. The van der Waals surface area contributed by atoms with Crippen molar-refractivity contribution in [1.82, 2.24) is 19.9 Å². The summed E-state index contributed by atoms with van der Waals surface area (Å²) in [7, 11) is 1.78. The average Bonchev–Trinajstić information content (AvgIpc) is 3.16. The van der Waals surface area contributed by atoms with Gasteiger partial charge in [-0.1, -0.05) is 19.3 Å². The van der Waals surface area contributed by atoms with Crippen molar-refractivity contribution < 1.29 is 9.53 Å². The Balaban J connectivity index is 1.65. The van der Waals surface area contributed by atoms with E-state index >= 15 is 0 Å². The molecule has 0 aromatic carbocycles. The van der Waals surface area contributed by atoms with Gasteiger partial charge in [0.2, 0.25) is 0 Å². The van der Waals surface area contributed by atoms with Crippen molar-refractivity contribution in [3.05, 3.63) is 48.0 Å². The fraction of sp³-hybridized carbons (Fsp3) is 0.519. The third-order valence-corrected chi connectivity index (χ3v) is 6.55. The first-order valence-corrected chi connectivity index (χ1v) is 12.5. The van der Waals surface area contributed by atoms with Crippen LogP contribution in [0.3, 0.4) is 0 Å². The van der Waals surface area contributed by atoms with Crippen LogP contribution in [0.1, 0.15) is 64.3 Å². The van der Waals surface area contributed by atoms with Gasteiger partial charge in [-0.05, 0) is 63.8 Å². The highest BCUT2D eigenvalue weighted by Gasteiger charge is 2.20. The zero-order chi connectivity index (χ0) is 24.1. The quantitative estimate of drug-likeness (QED) is 0.475. The van der Waals surface area contributed by atoms with Gasteiger partial charge in [-0.15, -0.1) is 0 Å². The van der Waals surface area contributed by atoms with Gasteiger partial charge in [0.1, 0.15) is 11.4 Å². The molecule has 0 unspecified atom stereocenters. The van der Waals surface area contributed by atoms with E-state index in [0.29, 0.717) is 12.5 Å². The third kappa shape index (κ3) is 5.69. The van der Waals surface area contributed by atoms with Crippen LogP contribution in [0.25, 0.3) is 11.0 Å². The molecule has 0 saturated heterocycles. The molecule has 1 fully saturated rings. The summed E-state index contributed by atoms with van der Waals surface area (Å²) < 4.78 is 7.92. The Morgan fingerprint density at radius 3 is 2.65 bits per heavy atom. The second-order valence-electron chi connectivity index (χ2n) is 9.61. The van der Waals surface area contributed by atoms with Gasteiger partial charge in [0.25, 0.3) is 0 Å².